The summed E-state index contributed by atoms with van der Waals surface area (Å²) in [5.41, 5.74) is 12.7. The van der Waals surface area contributed by atoms with Crippen molar-refractivity contribution in [3.05, 3.63) is 182 Å². The number of benzene rings is 8. The number of rotatable bonds is 5. The molecule has 1 aliphatic rings. The van der Waals surface area contributed by atoms with E-state index in [0.29, 0.717) is 0 Å². The van der Waals surface area contributed by atoms with E-state index in [1.165, 1.54) is 49.4 Å². The minimum absolute atomic E-state index is 0.847. The third kappa shape index (κ3) is 5.37. The fourth-order valence-corrected chi connectivity index (χ4v) is 9.02. The van der Waals surface area contributed by atoms with Gasteiger partial charge in [-0.3, -0.25) is 0 Å². The zero-order valence-electron chi connectivity index (χ0n) is 32.4. The van der Waals surface area contributed by atoms with Crippen LogP contribution in [0.1, 0.15) is 26.7 Å². The monoisotopic (exact) mass is 748 g/mol. The molecule has 0 amide bonds. The lowest BCUT2D eigenvalue weighted by atomic mass is 10.0. The van der Waals surface area contributed by atoms with Crippen molar-refractivity contribution in [1.29, 1.82) is 0 Å². The molecule has 0 aliphatic heterocycles. The van der Waals surface area contributed by atoms with Gasteiger partial charge in [0.05, 0.1) is 11.0 Å². The van der Waals surface area contributed by atoms with E-state index in [2.05, 4.69) is 191 Å². The first-order chi connectivity index (χ1) is 28.7. The van der Waals surface area contributed by atoms with E-state index in [1.54, 1.807) is 0 Å². The summed E-state index contributed by atoms with van der Waals surface area (Å²) < 4.78 is 15.5. The fraction of sp³-hybridized carbons (Fsp3) is 0.0741. The van der Waals surface area contributed by atoms with Crippen molar-refractivity contribution in [2.75, 3.05) is 4.90 Å². The molecule has 0 spiro atoms. The van der Waals surface area contributed by atoms with Gasteiger partial charge >= 0.3 is 0 Å². The van der Waals surface area contributed by atoms with Crippen molar-refractivity contribution >= 4 is 99.2 Å². The Morgan fingerprint density at radius 1 is 0.466 bits per heavy atom. The molecule has 12 rings (SSSR count). The Morgan fingerprint density at radius 3 is 1.93 bits per heavy atom. The van der Waals surface area contributed by atoms with Crippen LogP contribution in [0.2, 0.25) is 0 Å². The number of nitrogens with zero attached hydrogens (tertiary/aromatic N) is 2. The molecule has 11 aromatic rings. The summed E-state index contributed by atoms with van der Waals surface area (Å²) in [5, 5.41) is 9.42. The van der Waals surface area contributed by atoms with Gasteiger partial charge in [-0.15, -0.1) is 0 Å². The zero-order valence-corrected chi connectivity index (χ0v) is 32.4. The molecule has 4 nitrogen and oxygen atoms in total. The van der Waals surface area contributed by atoms with Gasteiger partial charge < -0.3 is 18.3 Å². The lowest BCUT2D eigenvalue weighted by molar-refractivity contribution is 0.669. The van der Waals surface area contributed by atoms with Crippen LogP contribution in [-0.2, 0) is 0 Å². The van der Waals surface area contributed by atoms with Crippen LogP contribution in [0, 0.1) is 0 Å². The molecule has 0 N–H and O–H groups in total. The van der Waals surface area contributed by atoms with Crippen LogP contribution >= 0.6 is 0 Å². The third-order valence-corrected chi connectivity index (χ3v) is 11.6. The summed E-state index contributed by atoms with van der Waals surface area (Å²) in [6, 6.07) is 58.6. The van der Waals surface area contributed by atoms with Crippen LogP contribution in [0.15, 0.2) is 191 Å². The average Bonchev–Trinajstić information content (AvgIpc) is 3.96. The standard InChI is InChI=1S/C52H34N2O2.C2H6/c1-3-12-36(13-4-1)53(39-23-25-43-51(32-39)56-49-28-20-33-11-7-8-16-40(33)52(43)49)38-22-24-42-45-30-35(21-27-48(45)55-50(42)31-38)34-19-26-47-44(29-34)41-17-9-10-18-46(41)54(47)37-14-5-2-6-15-37;1-2/h1-5,7-14,16-32H,6,15H2;1-2H3. The molecule has 278 valence electrons. The average molecular weight is 749 g/mol. The Balaban J connectivity index is 0.00000190. The van der Waals surface area contributed by atoms with Crippen LogP contribution in [0.4, 0.5) is 17.1 Å². The van der Waals surface area contributed by atoms with Gasteiger partial charge in [0.2, 0.25) is 0 Å². The van der Waals surface area contributed by atoms with Crippen LogP contribution in [-0.4, -0.2) is 4.57 Å². The first kappa shape index (κ1) is 34.0. The van der Waals surface area contributed by atoms with Crippen molar-refractivity contribution in [3.63, 3.8) is 0 Å². The molecule has 0 fully saturated rings. The highest BCUT2D eigenvalue weighted by Gasteiger charge is 2.19. The normalized spacial score (nSPS) is 12.9. The van der Waals surface area contributed by atoms with Crippen molar-refractivity contribution in [3.8, 4) is 11.1 Å². The molecule has 3 aromatic heterocycles. The molecule has 1 aliphatic carbocycles. The quantitative estimate of drug-likeness (QED) is 0.176. The van der Waals surface area contributed by atoms with E-state index in [0.717, 1.165) is 73.8 Å². The fourth-order valence-electron chi connectivity index (χ4n) is 9.02. The summed E-state index contributed by atoms with van der Waals surface area (Å²) in [5.74, 6) is 0. The highest BCUT2D eigenvalue weighted by molar-refractivity contribution is 6.19. The predicted molar refractivity (Wildman–Crippen MR) is 246 cm³/mol. The van der Waals surface area contributed by atoms with Crippen LogP contribution in [0.5, 0.6) is 0 Å². The van der Waals surface area contributed by atoms with E-state index in [-0.39, 0.29) is 0 Å². The molecule has 0 saturated carbocycles. The number of aromatic nitrogens is 1. The number of hydrogen-bond donors (Lipinski definition) is 0. The third-order valence-electron chi connectivity index (χ3n) is 11.6. The van der Waals surface area contributed by atoms with Gasteiger partial charge in [-0.05, 0) is 114 Å². The second-order valence-corrected chi connectivity index (χ2v) is 14.8. The summed E-state index contributed by atoms with van der Waals surface area (Å²) in [4.78, 5) is 2.27. The minimum Gasteiger partial charge on any atom is -0.456 e. The molecular formula is C54H40N2O2. The molecule has 0 bridgehead atoms. The molecular weight excluding hydrogens is 709 g/mol. The predicted octanol–water partition coefficient (Wildman–Crippen LogP) is 16.1. The van der Waals surface area contributed by atoms with Crippen molar-refractivity contribution in [2.24, 2.45) is 0 Å². The maximum absolute atomic E-state index is 6.60. The number of para-hydroxylation sites is 2. The second-order valence-electron chi connectivity index (χ2n) is 14.8. The highest BCUT2D eigenvalue weighted by Crippen LogP contribution is 2.43. The molecule has 0 radical (unpaired) electrons. The SMILES string of the molecule is C1=CCCC(n2c3ccccc3c3cc(-c4ccc5oc6cc(N(c7ccccc7)c7ccc8c(c7)oc7ccc9ccccc9c78)ccc6c5c4)ccc32)=C1.CC. The zero-order chi connectivity index (χ0) is 38.7. The van der Waals surface area contributed by atoms with Gasteiger partial charge in [0, 0.05) is 67.2 Å². The first-order valence-corrected chi connectivity index (χ1v) is 20.3. The Morgan fingerprint density at radius 2 is 1.12 bits per heavy atom. The van der Waals surface area contributed by atoms with Crippen molar-refractivity contribution in [1.82, 2.24) is 4.57 Å². The summed E-state index contributed by atoms with van der Waals surface area (Å²) in [6.45, 7) is 4.00. The van der Waals surface area contributed by atoms with Gasteiger partial charge in [0.1, 0.15) is 22.3 Å². The first-order valence-electron chi connectivity index (χ1n) is 20.3. The molecule has 0 saturated heterocycles. The van der Waals surface area contributed by atoms with E-state index in [1.807, 2.05) is 13.8 Å². The van der Waals surface area contributed by atoms with E-state index in [4.69, 9.17) is 8.83 Å². The molecule has 0 unspecified atom stereocenters. The summed E-state index contributed by atoms with van der Waals surface area (Å²) >= 11 is 0. The molecule has 58 heavy (non-hydrogen) atoms. The smallest absolute Gasteiger partial charge is 0.137 e. The summed E-state index contributed by atoms with van der Waals surface area (Å²) in [6.07, 6.45) is 8.79. The van der Waals surface area contributed by atoms with Crippen molar-refractivity contribution in [2.45, 2.75) is 26.7 Å². The Kier molecular flexibility index (Phi) is 8.04. The minimum atomic E-state index is 0.847. The molecule has 0 atom stereocenters. The summed E-state index contributed by atoms with van der Waals surface area (Å²) in [7, 11) is 0. The molecule has 4 heteroatoms. The Hall–Kier alpha value is -7.30. The van der Waals surface area contributed by atoms with Gasteiger partial charge in [-0.1, -0.05) is 105 Å². The number of allylic oxidation sites excluding steroid dienone is 4. The number of furan rings is 2. The van der Waals surface area contributed by atoms with Crippen molar-refractivity contribution < 1.29 is 8.83 Å². The van der Waals surface area contributed by atoms with Crippen LogP contribution in [0.25, 0.3) is 93.3 Å². The second kappa shape index (κ2) is 13.7. The van der Waals surface area contributed by atoms with Gasteiger partial charge in [-0.2, -0.15) is 0 Å². The Labute approximate surface area is 336 Å². The number of fused-ring (bicyclic) bond motifs is 11. The molecule has 8 aromatic carbocycles. The maximum atomic E-state index is 6.60. The lowest BCUT2D eigenvalue weighted by Gasteiger charge is -2.25. The highest BCUT2D eigenvalue weighted by atomic mass is 16.3. The number of anilines is 3. The van der Waals surface area contributed by atoms with Crippen LogP contribution in [0.3, 0.4) is 0 Å². The van der Waals surface area contributed by atoms with E-state index < -0.39 is 0 Å². The largest absolute Gasteiger partial charge is 0.456 e. The van der Waals surface area contributed by atoms with Crippen LogP contribution < -0.4 is 4.90 Å². The topological polar surface area (TPSA) is 34.5 Å². The Bertz CT molecular complexity index is 3430. The number of hydrogen-bond acceptors (Lipinski definition) is 3. The lowest BCUT2D eigenvalue weighted by Crippen LogP contribution is -2.09. The van der Waals surface area contributed by atoms with E-state index >= 15 is 0 Å². The van der Waals surface area contributed by atoms with Gasteiger partial charge in [0.25, 0.3) is 0 Å². The van der Waals surface area contributed by atoms with E-state index in [9.17, 15) is 0 Å². The van der Waals surface area contributed by atoms with Gasteiger partial charge in [-0.25, -0.2) is 0 Å². The molecule has 3 heterocycles. The van der Waals surface area contributed by atoms with Gasteiger partial charge in [0.15, 0.2) is 0 Å². The maximum Gasteiger partial charge on any atom is 0.137 e.